The zero-order valence-corrected chi connectivity index (χ0v) is 15.8. The van der Waals surface area contributed by atoms with Crippen LogP contribution in [0.2, 0.25) is 0 Å². The second-order valence-corrected chi connectivity index (χ2v) is 8.01. The third-order valence-electron chi connectivity index (χ3n) is 6.44. The molecule has 2 heteroatoms. The molecule has 0 atom stereocenters. The lowest BCUT2D eigenvalue weighted by Gasteiger charge is -2.28. The Kier molecular flexibility index (Phi) is 3.34. The Balaban J connectivity index is 1.90. The Morgan fingerprint density at radius 1 is 0.923 bits per heavy atom. The molecule has 1 saturated carbocycles. The molecule has 0 saturated heterocycles. The van der Waals surface area contributed by atoms with E-state index in [4.69, 9.17) is 4.98 Å². The van der Waals surface area contributed by atoms with Crippen molar-refractivity contribution in [3.63, 3.8) is 0 Å². The molecule has 2 heterocycles. The molecule has 130 valence electrons. The molecule has 1 spiro atoms. The van der Waals surface area contributed by atoms with Gasteiger partial charge in [0.2, 0.25) is 5.69 Å². The molecular weight excluding hydrogens is 316 g/mol. The Bertz CT molecular complexity index is 1030. The predicted octanol–water partition coefficient (Wildman–Crippen LogP) is 5.03. The molecule has 2 aromatic heterocycles. The summed E-state index contributed by atoms with van der Waals surface area (Å²) in [4.78, 5) is 5.08. The summed E-state index contributed by atoms with van der Waals surface area (Å²) in [7, 11) is 2.15. The minimum Gasteiger partial charge on any atom is -0.257 e. The van der Waals surface area contributed by atoms with Crippen molar-refractivity contribution in [2.75, 3.05) is 0 Å². The van der Waals surface area contributed by atoms with Crippen molar-refractivity contribution in [1.29, 1.82) is 0 Å². The maximum Gasteiger partial charge on any atom is 0.212 e. The predicted molar refractivity (Wildman–Crippen MR) is 105 cm³/mol. The van der Waals surface area contributed by atoms with Crippen LogP contribution in [0.15, 0.2) is 48.7 Å². The largest absolute Gasteiger partial charge is 0.257 e. The monoisotopic (exact) mass is 341 g/mol. The molecule has 0 aliphatic heterocycles. The molecule has 0 amide bonds. The molecule has 26 heavy (non-hydrogen) atoms. The fraction of sp³-hybridized carbons (Fsp3) is 0.333. The number of pyridine rings is 2. The van der Waals surface area contributed by atoms with E-state index in [9.17, 15) is 0 Å². The first-order valence-corrected chi connectivity index (χ1v) is 9.69. The number of nitrogens with zero attached hydrogens (tertiary/aromatic N) is 2. The number of aromatic nitrogens is 2. The minimum absolute atomic E-state index is 0.0981. The van der Waals surface area contributed by atoms with E-state index in [-0.39, 0.29) is 5.41 Å². The lowest BCUT2D eigenvalue weighted by atomic mass is 9.75. The van der Waals surface area contributed by atoms with Crippen LogP contribution in [-0.2, 0) is 12.5 Å². The van der Waals surface area contributed by atoms with Gasteiger partial charge in [0.05, 0.1) is 11.3 Å². The fourth-order valence-corrected chi connectivity index (χ4v) is 5.26. The second-order valence-electron chi connectivity index (χ2n) is 8.01. The van der Waals surface area contributed by atoms with Crippen LogP contribution < -0.4 is 4.57 Å². The highest BCUT2D eigenvalue weighted by atomic mass is 14.9. The van der Waals surface area contributed by atoms with Crippen LogP contribution >= 0.6 is 0 Å². The maximum atomic E-state index is 5.08. The topological polar surface area (TPSA) is 16.8 Å². The Hall–Kier alpha value is -2.48. The lowest BCUT2D eigenvalue weighted by Crippen LogP contribution is -2.32. The van der Waals surface area contributed by atoms with E-state index in [2.05, 4.69) is 74.1 Å². The Labute approximate surface area is 155 Å². The van der Waals surface area contributed by atoms with Crippen molar-refractivity contribution < 1.29 is 4.57 Å². The molecule has 2 aliphatic carbocycles. The van der Waals surface area contributed by atoms with Gasteiger partial charge in [-0.1, -0.05) is 31.0 Å². The molecule has 0 unspecified atom stereocenters. The summed E-state index contributed by atoms with van der Waals surface area (Å²) in [6.07, 6.45) is 7.18. The smallest absolute Gasteiger partial charge is 0.212 e. The molecule has 1 aromatic carbocycles. The zero-order valence-electron chi connectivity index (χ0n) is 15.8. The van der Waals surface area contributed by atoms with Gasteiger partial charge in [0, 0.05) is 28.8 Å². The van der Waals surface area contributed by atoms with Crippen molar-refractivity contribution in [2.24, 2.45) is 7.05 Å². The molecule has 2 aliphatic rings. The van der Waals surface area contributed by atoms with Gasteiger partial charge in [-0.2, -0.15) is 0 Å². The van der Waals surface area contributed by atoms with Crippen LogP contribution in [0.3, 0.4) is 0 Å². The molecular formula is C24H25N2+. The molecule has 0 bridgehead atoms. The van der Waals surface area contributed by atoms with Crippen LogP contribution in [-0.4, -0.2) is 4.98 Å². The third-order valence-corrected chi connectivity index (χ3v) is 6.44. The molecule has 3 aromatic rings. The van der Waals surface area contributed by atoms with E-state index in [0.29, 0.717) is 0 Å². The molecule has 0 N–H and O–H groups in total. The zero-order chi connectivity index (χ0) is 17.9. The van der Waals surface area contributed by atoms with Gasteiger partial charge < -0.3 is 0 Å². The highest BCUT2D eigenvalue weighted by Gasteiger charge is 2.48. The first kappa shape index (κ1) is 15.7. The van der Waals surface area contributed by atoms with Crippen LogP contribution in [0.4, 0.5) is 0 Å². The summed E-state index contributed by atoms with van der Waals surface area (Å²) in [5.41, 5.74) is 10.9. The van der Waals surface area contributed by atoms with Crippen LogP contribution in [0.25, 0.3) is 22.4 Å². The van der Waals surface area contributed by atoms with Gasteiger partial charge in [0.25, 0.3) is 0 Å². The first-order chi connectivity index (χ1) is 12.6. The third kappa shape index (κ3) is 1.99. The highest BCUT2D eigenvalue weighted by Crippen LogP contribution is 2.58. The van der Waals surface area contributed by atoms with E-state index in [1.807, 2.05) is 0 Å². The van der Waals surface area contributed by atoms with Crippen LogP contribution in [0.1, 0.15) is 48.2 Å². The van der Waals surface area contributed by atoms with Gasteiger partial charge >= 0.3 is 0 Å². The molecule has 5 rings (SSSR count). The van der Waals surface area contributed by atoms with Gasteiger partial charge in [-0.15, -0.1) is 0 Å². The van der Waals surface area contributed by atoms with Gasteiger partial charge in [-0.05, 0) is 55.5 Å². The maximum absolute atomic E-state index is 5.08. The summed E-state index contributed by atoms with van der Waals surface area (Å²) >= 11 is 0. The Morgan fingerprint density at radius 3 is 2.46 bits per heavy atom. The van der Waals surface area contributed by atoms with Gasteiger partial charge in [0.1, 0.15) is 7.05 Å². The minimum atomic E-state index is 0.0981. The summed E-state index contributed by atoms with van der Waals surface area (Å²) in [6, 6.07) is 15.6. The standard InChI is InChI=1S/C24H25N2/c1-16-9-11-18-19-12-10-17(2)25-23(19)24(13-5-6-14-24)22(18)21(16)20-8-4-7-15-26(20)3/h4,7-12,15H,5-6,13-14H2,1-3H3/q+1. The number of hydrogen-bond acceptors (Lipinski definition) is 1. The van der Waals surface area contributed by atoms with Crippen LogP contribution in [0, 0.1) is 13.8 Å². The SMILES string of the molecule is Cc1ccc2c(n1)C1(CCCC1)c1c-2ccc(C)c1-c1cccc[n+]1C. The highest BCUT2D eigenvalue weighted by molar-refractivity contribution is 5.87. The van der Waals surface area contributed by atoms with Crippen molar-refractivity contribution in [3.05, 3.63) is 71.2 Å². The molecule has 0 radical (unpaired) electrons. The van der Waals surface area contributed by atoms with E-state index >= 15 is 0 Å². The number of benzene rings is 1. The normalized spacial score (nSPS) is 16.7. The van der Waals surface area contributed by atoms with Crippen molar-refractivity contribution in [3.8, 4) is 22.4 Å². The van der Waals surface area contributed by atoms with E-state index in [1.54, 1.807) is 0 Å². The Morgan fingerprint density at radius 2 is 1.69 bits per heavy atom. The van der Waals surface area contributed by atoms with E-state index in [1.165, 1.54) is 64.9 Å². The molecule has 1 fully saturated rings. The number of rotatable bonds is 1. The summed E-state index contributed by atoms with van der Waals surface area (Å²) in [5, 5.41) is 0. The number of fused-ring (bicyclic) bond motifs is 5. The quantitative estimate of drug-likeness (QED) is 0.567. The van der Waals surface area contributed by atoms with Crippen molar-refractivity contribution in [2.45, 2.75) is 44.9 Å². The first-order valence-electron chi connectivity index (χ1n) is 9.69. The lowest BCUT2D eigenvalue weighted by molar-refractivity contribution is -0.660. The van der Waals surface area contributed by atoms with E-state index in [0.717, 1.165) is 5.69 Å². The number of hydrogen-bond donors (Lipinski definition) is 0. The average molecular weight is 341 g/mol. The molecule has 2 nitrogen and oxygen atoms in total. The number of aryl methyl sites for hydroxylation is 3. The second kappa shape index (κ2) is 5.51. The average Bonchev–Trinajstić information content (AvgIpc) is 3.22. The van der Waals surface area contributed by atoms with Crippen molar-refractivity contribution in [1.82, 2.24) is 4.98 Å². The van der Waals surface area contributed by atoms with Gasteiger partial charge in [-0.25, -0.2) is 4.57 Å². The summed E-state index contributed by atoms with van der Waals surface area (Å²) < 4.78 is 2.26. The fourth-order valence-electron chi connectivity index (χ4n) is 5.26. The van der Waals surface area contributed by atoms with Crippen molar-refractivity contribution >= 4 is 0 Å². The van der Waals surface area contributed by atoms with E-state index < -0.39 is 0 Å². The summed E-state index contributed by atoms with van der Waals surface area (Å²) in [6.45, 7) is 4.38. The van der Waals surface area contributed by atoms with Crippen LogP contribution in [0.5, 0.6) is 0 Å². The van der Waals surface area contributed by atoms with Gasteiger partial charge in [-0.3, -0.25) is 4.98 Å². The summed E-state index contributed by atoms with van der Waals surface area (Å²) in [5.74, 6) is 0. The van der Waals surface area contributed by atoms with Gasteiger partial charge in [0.15, 0.2) is 6.20 Å².